The van der Waals surface area contributed by atoms with Crippen LogP contribution in [0.1, 0.15) is 22.3 Å². The number of rotatable bonds is 5. The molecule has 1 amide bonds. The van der Waals surface area contributed by atoms with Crippen molar-refractivity contribution >= 4 is 5.91 Å². The van der Waals surface area contributed by atoms with E-state index in [1.165, 1.54) is 0 Å². The average Bonchev–Trinajstić information content (AvgIpc) is 2.44. The molecule has 0 bridgehead atoms. The number of nitrogens with two attached hydrogens (primary N) is 1. The van der Waals surface area contributed by atoms with E-state index in [4.69, 9.17) is 10.5 Å². The van der Waals surface area contributed by atoms with Crippen LogP contribution in [0, 0.1) is 11.8 Å². The smallest absolute Gasteiger partial charge is 0.255 e. The van der Waals surface area contributed by atoms with Crippen molar-refractivity contribution in [1.82, 2.24) is 9.88 Å². The van der Waals surface area contributed by atoms with Gasteiger partial charge in [-0.05, 0) is 12.5 Å². The molecule has 1 rings (SSSR count). The Morgan fingerprint density at radius 1 is 1.53 bits per heavy atom. The van der Waals surface area contributed by atoms with Gasteiger partial charge >= 0.3 is 0 Å². The quantitative estimate of drug-likeness (QED) is 0.619. The number of ether oxygens (including phenoxy) is 1. The number of carbonyl (C=O) groups is 1. The third-order valence-corrected chi connectivity index (χ3v) is 2.51. The molecule has 0 unspecified atom stereocenters. The maximum Gasteiger partial charge on any atom is 0.255 e. The van der Waals surface area contributed by atoms with Gasteiger partial charge in [-0.2, -0.15) is 0 Å². The molecule has 0 saturated heterocycles. The Morgan fingerprint density at radius 3 is 3.00 bits per heavy atom. The zero-order valence-electron chi connectivity index (χ0n) is 11.3. The van der Waals surface area contributed by atoms with Gasteiger partial charge in [-0.15, -0.1) is 0 Å². The molecule has 5 heteroatoms. The summed E-state index contributed by atoms with van der Waals surface area (Å²) < 4.78 is 4.96. The summed E-state index contributed by atoms with van der Waals surface area (Å²) >= 11 is 0. The SMILES string of the molecule is COCCCN(C)C(=O)c1cncc(C#CCN)c1. The molecule has 0 atom stereocenters. The number of pyridine rings is 1. The molecule has 0 saturated carbocycles. The molecule has 1 aromatic heterocycles. The van der Waals surface area contributed by atoms with E-state index in [0.29, 0.717) is 24.3 Å². The van der Waals surface area contributed by atoms with Crippen LogP contribution in [0.4, 0.5) is 0 Å². The summed E-state index contributed by atoms with van der Waals surface area (Å²) in [5.74, 6) is 5.53. The number of amides is 1. The van der Waals surface area contributed by atoms with E-state index in [0.717, 1.165) is 6.42 Å². The van der Waals surface area contributed by atoms with Gasteiger partial charge in [0.25, 0.3) is 5.91 Å². The second kappa shape index (κ2) is 8.25. The number of hydrogen-bond acceptors (Lipinski definition) is 4. The zero-order chi connectivity index (χ0) is 14.1. The molecule has 0 aromatic carbocycles. The molecule has 0 fully saturated rings. The summed E-state index contributed by atoms with van der Waals surface area (Å²) in [6.45, 7) is 1.57. The molecule has 1 heterocycles. The van der Waals surface area contributed by atoms with Gasteiger partial charge in [0, 0.05) is 45.3 Å². The van der Waals surface area contributed by atoms with Crippen molar-refractivity contribution in [3.63, 3.8) is 0 Å². The van der Waals surface area contributed by atoms with Crippen molar-refractivity contribution in [2.24, 2.45) is 5.73 Å². The lowest BCUT2D eigenvalue weighted by atomic mass is 10.2. The predicted octanol–water partition coefficient (Wildman–Crippen LogP) is 0.500. The maximum absolute atomic E-state index is 12.1. The number of hydrogen-bond donors (Lipinski definition) is 1. The lowest BCUT2D eigenvalue weighted by Gasteiger charge is -2.16. The van der Waals surface area contributed by atoms with Gasteiger partial charge in [0.15, 0.2) is 0 Å². The molecule has 0 aliphatic carbocycles. The largest absolute Gasteiger partial charge is 0.385 e. The van der Waals surface area contributed by atoms with E-state index in [2.05, 4.69) is 16.8 Å². The van der Waals surface area contributed by atoms with Crippen molar-refractivity contribution in [3.8, 4) is 11.8 Å². The second-order valence-electron chi connectivity index (χ2n) is 4.04. The topological polar surface area (TPSA) is 68.5 Å². The van der Waals surface area contributed by atoms with Gasteiger partial charge in [0.05, 0.1) is 12.1 Å². The number of methoxy groups -OCH3 is 1. The Hall–Kier alpha value is -1.90. The first kappa shape index (κ1) is 15.2. The van der Waals surface area contributed by atoms with Crippen LogP contribution in [0.25, 0.3) is 0 Å². The van der Waals surface area contributed by atoms with Crippen molar-refractivity contribution in [2.45, 2.75) is 6.42 Å². The Morgan fingerprint density at radius 2 is 2.32 bits per heavy atom. The van der Waals surface area contributed by atoms with Crippen LogP contribution in [-0.2, 0) is 4.74 Å². The monoisotopic (exact) mass is 261 g/mol. The van der Waals surface area contributed by atoms with Crippen LogP contribution >= 0.6 is 0 Å². The molecule has 0 aliphatic rings. The molecule has 19 heavy (non-hydrogen) atoms. The van der Waals surface area contributed by atoms with Crippen LogP contribution in [-0.4, -0.2) is 49.6 Å². The summed E-state index contributed by atoms with van der Waals surface area (Å²) in [6, 6.07) is 1.73. The third-order valence-electron chi connectivity index (χ3n) is 2.51. The molecule has 2 N–H and O–H groups in total. The average molecular weight is 261 g/mol. The fraction of sp³-hybridized carbons (Fsp3) is 0.429. The minimum atomic E-state index is -0.0694. The van der Waals surface area contributed by atoms with Crippen molar-refractivity contribution in [1.29, 1.82) is 0 Å². The minimum absolute atomic E-state index is 0.0694. The van der Waals surface area contributed by atoms with Crippen LogP contribution in [0.5, 0.6) is 0 Å². The fourth-order valence-corrected chi connectivity index (χ4v) is 1.55. The summed E-state index contributed by atoms with van der Waals surface area (Å²) in [4.78, 5) is 17.8. The fourth-order valence-electron chi connectivity index (χ4n) is 1.55. The van der Waals surface area contributed by atoms with Gasteiger partial charge in [0.2, 0.25) is 0 Å². The molecular formula is C14H19N3O2. The lowest BCUT2D eigenvalue weighted by Crippen LogP contribution is -2.28. The van der Waals surface area contributed by atoms with E-state index in [1.54, 1.807) is 37.5 Å². The van der Waals surface area contributed by atoms with Crippen LogP contribution in [0.2, 0.25) is 0 Å². The number of carbonyl (C=O) groups excluding carboxylic acids is 1. The zero-order valence-corrected chi connectivity index (χ0v) is 11.3. The molecule has 5 nitrogen and oxygen atoms in total. The first-order valence-electron chi connectivity index (χ1n) is 6.07. The van der Waals surface area contributed by atoms with E-state index in [-0.39, 0.29) is 12.5 Å². The third kappa shape index (κ3) is 5.08. The van der Waals surface area contributed by atoms with Gasteiger partial charge in [0.1, 0.15) is 0 Å². The van der Waals surface area contributed by atoms with Crippen molar-refractivity contribution in [2.75, 3.05) is 33.9 Å². The highest BCUT2D eigenvalue weighted by Crippen LogP contribution is 2.05. The van der Waals surface area contributed by atoms with Crippen LogP contribution < -0.4 is 5.73 Å². The molecule has 0 spiro atoms. The highest BCUT2D eigenvalue weighted by Gasteiger charge is 2.11. The Labute approximate surface area is 113 Å². The molecule has 0 aliphatic heterocycles. The first-order chi connectivity index (χ1) is 9.19. The Balaban J connectivity index is 2.70. The highest BCUT2D eigenvalue weighted by molar-refractivity contribution is 5.94. The van der Waals surface area contributed by atoms with E-state index in [9.17, 15) is 4.79 Å². The predicted molar refractivity (Wildman–Crippen MR) is 73.6 cm³/mol. The van der Waals surface area contributed by atoms with Crippen molar-refractivity contribution < 1.29 is 9.53 Å². The van der Waals surface area contributed by atoms with Gasteiger partial charge in [-0.25, -0.2) is 0 Å². The van der Waals surface area contributed by atoms with Gasteiger partial charge < -0.3 is 15.4 Å². The second-order valence-corrected chi connectivity index (χ2v) is 4.04. The van der Waals surface area contributed by atoms with E-state index in [1.807, 2.05) is 0 Å². The maximum atomic E-state index is 12.1. The van der Waals surface area contributed by atoms with Gasteiger partial charge in [-0.1, -0.05) is 11.8 Å². The summed E-state index contributed by atoms with van der Waals surface area (Å²) in [5, 5.41) is 0. The Kier molecular flexibility index (Phi) is 6.58. The number of aromatic nitrogens is 1. The van der Waals surface area contributed by atoms with Crippen LogP contribution in [0.15, 0.2) is 18.5 Å². The first-order valence-corrected chi connectivity index (χ1v) is 6.07. The highest BCUT2D eigenvalue weighted by atomic mass is 16.5. The van der Waals surface area contributed by atoms with Crippen molar-refractivity contribution in [3.05, 3.63) is 29.6 Å². The van der Waals surface area contributed by atoms with E-state index < -0.39 is 0 Å². The molecule has 102 valence electrons. The van der Waals surface area contributed by atoms with Gasteiger partial charge in [-0.3, -0.25) is 9.78 Å². The lowest BCUT2D eigenvalue weighted by molar-refractivity contribution is 0.0779. The summed E-state index contributed by atoms with van der Waals surface area (Å²) in [7, 11) is 3.40. The van der Waals surface area contributed by atoms with E-state index >= 15 is 0 Å². The number of nitrogens with zero attached hydrogens (tertiary/aromatic N) is 2. The molecule has 0 radical (unpaired) electrons. The normalized spacial score (nSPS) is 9.63. The minimum Gasteiger partial charge on any atom is -0.385 e. The summed E-state index contributed by atoms with van der Waals surface area (Å²) in [5.41, 5.74) is 6.54. The Bertz CT molecular complexity index is 477. The van der Waals surface area contributed by atoms with Crippen LogP contribution in [0.3, 0.4) is 0 Å². The summed E-state index contributed by atoms with van der Waals surface area (Å²) in [6.07, 6.45) is 3.96. The standard InChI is InChI=1S/C14H19N3O2/c1-17(7-4-8-19-2)14(18)13-9-12(5-3-6-15)10-16-11-13/h9-11H,4,6-8,15H2,1-2H3. The molecule has 1 aromatic rings. The molecular weight excluding hydrogens is 242 g/mol.